The number of hydrogen-bond acceptors (Lipinski definition) is 31. The van der Waals surface area contributed by atoms with E-state index in [0.29, 0.717) is 58.2 Å². The Morgan fingerprint density at radius 1 is 0.361 bits per heavy atom. The third kappa shape index (κ3) is 32.5. The van der Waals surface area contributed by atoms with Crippen molar-refractivity contribution in [2.75, 3.05) is 72.3 Å². The van der Waals surface area contributed by atoms with Crippen LogP contribution in [-0.4, -0.2) is 252 Å². The first kappa shape index (κ1) is 83.5. The van der Waals surface area contributed by atoms with Gasteiger partial charge in [-0.3, -0.25) is 72.0 Å². The summed E-state index contributed by atoms with van der Waals surface area (Å²) in [7, 11) is 0. The van der Waals surface area contributed by atoms with E-state index >= 15 is 0 Å². The minimum Gasteiger partial charge on any atom is -0.463 e. The minimum atomic E-state index is -1.33. The molecule has 97 heavy (non-hydrogen) atoms. The van der Waals surface area contributed by atoms with Gasteiger partial charge in [0, 0.05) is 135 Å². The molecule has 3 heterocycles. The zero-order valence-corrected chi connectivity index (χ0v) is 57.1. The number of hydroxylamine groups is 1. The van der Waals surface area contributed by atoms with Crippen LogP contribution < -0.4 is 32.1 Å². The molecule has 0 aromatic rings. The summed E-state index contributed by atoms with van der Waals surface area (Å²) in [4.78, 5) is 180. The number of nitrogens with one attached hydrogen (secondary N) is 6. The molecule has 5 amide bonds. The number of amides is 5. The van der Waals surface area contributed by atoms with Gasteiger partial charge in [-0.15, -0.1) is 0 Å². The Bertz CT molecular complexity index is 2630. The van der Waals surface area contributed by atoms with Crippen LogP contribution in [0.5, 0.6) is 0 Å². The van der Waals surface area contributed by atoms with Gasteiger partial charge in [-0.25, -0.2) is 0 Å². The normalized spacial score (nSPS) is 25.1. The van der Waals surface area contributed by atoms with Crippen molar-refractivity contribution in [1.29, 1.82) is 0 Å². The van der Waals surface area contributed by atoms with Crippen LogP contribution in [0.25, 0.3) is 0 Å². The molecule has 0 aromatic carbocycles. The van der Waals surface area contributed by atoms with E-state index in [-0.39, 0.29) is 63.9 Å². The molecule has 3 fully saturated rings. The number of esters is 9. The molecule has 550 valence electrons. The predicted molar refractivity (Wildman–Crippen MR) is 327 cm³/mol. The largest absolute Gasteiger partial charge is 0.463 e. The molecular formula is C61H97N7O29. The number of rotatable bonds is 41. The van der Waals surface area contributed by atoms with Crippen molar-refractivity contribution in [3.8, 4) is 0 Å². The lowest BCUT2D eigenvalue weighted by molar-refractivity contribution is -0.292. The van der Waals surface area contributed by atoms with E-state index in [0.717, 1.165) is 62.3 Å². The van der Waals surface area contributed by atoms with Crippen LogP contribution >= 0.6 is 0 Å². The molecule has 8 unspecified atom stereocenters. The van der Waals surface area contributed by atoms with Crippen molar-refractivity contribution >= 4 is 83.3 Å². The second kappa shape index (κ2) is 44.2. The molecule has 0 aromatic heterocycles. The van der Waals surface area contributed by atoms with Gasteiger partial charge in [0.25, 0.3) is 0 Å². The molecule has 0 spiro atoms. The summed E-state index contributed by atoms with van der Waals surface area (Å²) >= 11 is 0. The first-order chi connectivity index (χ1) is 45.9. The molecule has 0 saturated carbocycles. The molecular weight excluding hydrogens is 1290 g/mol. The highest BCUT2D eigenvalue weighted by Gasteiger charge is 2.54. The summed E-state index contributed by atoms with van der Waals surface area (Å²) < 4.78 is 78.5. The monoisotopic (exact) mass is 1390 g/mol. The molecule has 3 aliphatic rings. The molecule has 15 atom stereocenters. The Kier molecular flexibility index (Phi) is 38.1. The van der Waals surface area contributed by atoms with E-state index in [2.05, 4.69) is 32.1 Å². The predicted octanol–water partition coefficient (Wildman–Crippen LogP) is -1.45. The summed E-state index contributed by atoms with van der Waals surface area (Å²) in [6.45, 7) is 14.4. The lowest BCUT2D eigenvalue weighted by Gasteiger charge is -2.44. The van der Waals surface area contributed by atoms with E-state index < -0.39 is 183 Å². The van der Waals surface area contributed by atoms with E-state index in [4.69, 9.17) is 71.2 Å². The zero-order chi connectivity index (χ0) is 72.3. The van der Waals surface area contributed by atoms with Gasteiger partial charge in [-0.05, 0) is 58.0 Å². The SMILES string of the molecule is CC(=O)NC1C(OC(C)=O)[C@@H](OC(C)=O)C(COC(C)=O)O[C@H]1OCCCCC(=O)NCCCN(CCCNCCCNO[C@@H]1OC(COC(C)=O)[C@H](OC(C)=O)C(OC(C)=O)[C@H]1NC(C)=O)C(=O)CCCCO[C@@H]1OC(COC(C)=O)[C@H](OC(C)=O)C(OC(C)=O)C1NC(C)=O. The van der Waals surface area contributed by atoms with Crippen molar-refractivity contribution in [1.82, 2.24) is 37.0 Å². The average molecular weight is 1390 g/mol. The van der Waals surface area contributed by atoms with Crippen LogP contribution in [-0.2, 0) is 138 Å². The number of ether oxygens (including phenoxy) is 14. The van der Waals surface area contributed by atoms with Crippen LogP contribution in [0.15, 0.2) is 0 Å². The van der Waals surface area contributed by atoms with Crippen LogP contribution in [0.4, 0.5) is 0 Å². The zero-order valence-electron chi connectivity index (χ0n) is 57.1. The Balaban J connectivity index is 1.66. The Hall–Kier alpha value is -7.74. The molecule has 0 aliphatic carbocycles. The van der Waals surface area contributed by atoms with Crippen molar-refractivity contribution in [3.05, 3.63) is 0 Å². The highest BCUT2D eigenvalue weighted by molar-refractivity contribution is 5.77. The molecule has 3 aliphatic heterocycles. The maximum atomic E-state index is 14.0. The van der Waals surface area contributed by atoms with Crippen molar-refractivity contribution in [2.24, 2.45) is 0 Å². The summed E-state index contributed by atoms with van der Waals surface area (Å²) in [5, 5.41) is 14.1. The van der Waals surface area contributed by atoms with Gasteiger partial charge in [0.15, 0.2) is 49.2 Å². The molecule has 3 rings (SSSR count). The highest BCUT2D eigenvalue weighted by Crippen LogP contribution is 2.31. The Labute approximate surface area is 562 Å². The Morgan fingerprint density at radius 3 is 1.07 bits per heavy atom. The van der Waals surface area contributed by atoms with Gasteiger partial charge in [0.2, 0.25) is 35.8 Å². The number of carbonyl (C=O) groups is 14. The molecule has 3 saturated heterocycles. The van der Waals surface area contributed by atoms with Gasteiger partial charge < -0.3 is 97.8 Å². The maximum absolute atomic E-state index is 14.0. The molecule has 0 radical (unpaired) electrons. The van der Waals surface area contributed by atoms with E-state index in [1.165, 1.54) is 20.8 Å². The van der Waals surface area contributed by atoms with Crippen LogP contribution in [0.2, 0.25) is 0 Å². The first-order valence-electron chi connectivity index (χ1n) is 31.9. The molecule has 0 bridgehead atoms. The molecule has 36 heteroatoms. The molecule has 6 N–H and O–H groups in total. The van der Waals surface area contributed by atoms with Gasteiger partial charge in [-0.2, -0.15) is 5.48 Å². The van der Waals surface area contributed by atoms with Gasteiger partial charge in [-0.1, -0.05) is 0 Å². The van der Waals surface area contributed by atoms with Gasteiger partial charge >= 0.3 is 53.7 Å². The molecule has 36 nitrogen and oxygen atoms in total. The lowest BCUT2D eigenvalue weighted by atomic mass is 9.96. The fourth-order valence-electron chi connectivity index (χ4n) is 10.5. The average Bonchev–Trinajstić information content (AvgIpc) is 0.806. The lowest BCUT2D eigenvalue weighted by Crippen LogP contribution is -2.67. The summed E-state index contributed by atoms with van der Waals surface area (Å²) in [6, 6.07) is -3.55. The van der Waals surface area contributed by atoms with Crippen molar-refractivity contribution < 1.29 is 138 Å². The maximum Gasteiger partial charge on any atom is 0.303 e. The van der Waals surface area contributed by atoms with Crippen molar-refractivity contribution in [3.63, 3.8) is 0 Å². The standard InChI is InChI=1S/C61H97N7O29/c1-33(69)65-50-56(91-42(10)78)53(88-39(7)75)45(30-85-36(4)72)94-59(50)83-28-15-13-20-48(81)63-24-19-27-68(49(82)21-14-16-29-84-60-51(66-34(2)70)57(92-43(11)79)54(89-40(8)76)46(95-60)31-86-37(5)73)26-18-23-62-22-17-25-64-97-61-52(67-35(3)71)58(93-44(12)80)55(90-41(9)77)47(96-61)32-87-38(6)74/h45-47,50-62,64H,13-32H2,1-12H3,(H,63,81)(H,65,69)(H,66,70)(H,67,71)/t45?,46?,47?,50?,51?,52-,53+,54+,55+,56?,57?,58?,59-,60-,61+/m1/s1. The minimum absolute atomic E-state index is 0.0114. The first-order valence-corrected chi connectivity index (χ1v) is 31.9. The van der Waals surface area contributed by atoms with E-state index in [9.17, 15) is 67.1 Å². The number of nitrogens with zero attached hydrogens (tertiary/aromatic N) is 1. The van der Waals surface area contributed by atoms with E-state index in [1.807, 2.05) is 0 Å². The second-order valence-electron chi connectivity index (χ2n) is 22.9. The second-order valence-corrected chi connectivity index (χ2v) is 22.9. The number of hydrogen-bond donors (Lipinski definition) is 6. The number of carbonyl (C=O) groups excluding carboxylic acids is 14. The summed E-state index contributed by atoms with van der Waals surface area (Å²) in [5.74, 6) is -8.80. The van der Waals surface area contributed by atoms with Gasteiger partial charge in [0.1, 0.15) is 56.3 Å². The smallest absolute Gasteiger partial charge is 0.303 e. The number of unbranched alkanes of at least 4 members (excludes halogenated alkanes) is 2. The third-order valence-corrected chi connectivity index (χ3v) is 14.3. The van der Waals surface area contributed by atoms with Crippen LogP contribution in [0.3, 0.4) is 0 Å². The van der Waals surface area contributed by atoms with Crippen molar-refractivity contribution in [2.45, 2.75) is 233 Å². The summed E-state index contributed by atoms with van der Waals surface area (Å²) in [5.41, 5.74) is 2.78. The van der Waals surface area contributed by atoms with Crippen LogP contribution in [0, 0.1) is 0 Å². The highest BCUT2D eigenvalue weighted by atomic mass is 16.8. The quantitative estimate of drug-likeness (QED) is 0.0177. The topological polar surface area (TPSA) is 453 Å². The fraction of sp³-hybridized carbons (Fsp3) is 0.770. The Morgan fingerprint density at radius 2 is 0.701 bits per heavy atom. The van der Waals surface area contributed by atoms with Gasteiger partial charge in [0.05, 0.1) is 0 Å². The van der Waals surface area contributed by atoms with E-state index in [1.54, 1.807) is 4.90 Å². The summed E-state index contributed by atoms with van der Waals surface area (Å²) in [6.07, 6.45) is -12.6. The fourth-order valence-corrected chi connectivity index (χ4v) is 10.5. The third-order valence-electron chi connectivity index (χ3n) is 14.3. The van der Waals surface area contributed by atoms with Crippen LogP contribution in [0.1, 0.15) is 141 Å².